The lowest BCUT2D eigenvalue weighted by molar-refractivity contribution is 0.749. The average molecular weight is 404 g/mol. The molecule has 0 aliphatic carbocycles. The van der Waals surface area contributed by atoms with Gasteiger partial charge in [-0.2, -0.15) is 0 Å². The van der Waals surface area contributed by atoms with E-state index in [4.69, 9.17) is 0 Å². The van der Waals surface area contributed by atoms with Gasteiger partial charge in [-0.15, -0.1) is 32.9 Å². The van der Waals surface area contributed by atoms with E-state index >= 15 is 0 Å². The van der Waals surface area contributed by atoms with E-state index in [0.29, 0.717) is 19.0 Å². The first-order valence-electron chi connectivity index (χ1n) is 8.86. The van der Waals surface area contributed by atoms with Gasteiger partial charge in [-0.05, 0) is 24.3 Å². The van der Waals surface area contributed by atoms with Gasteiger partial charge in [0.15, 0.2) is 11.8 Å². The molecule has 2 N–H and O–H groups in total. The van der Waals surface area contributed by atoms with E-state index in [-0.39, 0.29) is 0 Å². The van der Waals surface area contributed by atoms with E-state index in [9.17, 15) is 0 Å². The molecule has 0 saturated heterocycles. The summed E-state index contributed by atoms with van der Waals surface area (Å²) in [5.41, 5.74) is 1.14. The van der Waals surface area contributed by atoms with Crippen LogP contribution in [0, 0.1) is 6.92 Å². The van der Waals surface area contributed by atoms with E-state index in [2.05, 4.69) is 67.5 Å². The zero-order valence-corrected chi connectivity index (χ0v) is 17.7. The molecule has 3 aromatic heterocycles. The summed E-state index contributed by atoms with van der Waals surface area (Å²) in [6.07, 6.45) is 0. The van der Waals surface area contributed by atoms with Crippen molar-refractivity contribution in [2.75, 3.05) is 0 Å². The van der Waals surface area contributed by atoms with E-state index in [1.54, 1.807) is 22.7 Å². The molecule has 0 bridgehead atoms. The normalized spacial score (nSPS) is 12.0. The summed E-state index contributed by atoms with van der Waals surface area (Å²) < 4.78 is 1.95. The number of aromatic nitrogens is 4. The third-order valence-electron chi connectivity index (χ3n) is 4.14. The quantitative estimate of drug-likeness (QED) is 0.468. The first-order chi connectivity index (χ1) is 13.0. The van der Waals surface area contributed by atoms with Gasteiger partial charge in [0, 0.05) is 17.3 Å². The Morgan fingerprint density at radius 1 is 1.22 bits per heavy atom. The minimum absolute atomic E-state index is 0.444. The molecule has 0 fully saturated rings. The minimum atomic E-state index is 0.444. The minimum Gasteiger partial charge on any atom is -0.351 e. The Kier molecular flexibility index (Phi) is 6.57. The van der Waals surface area contributed by atoms with Gasteiger partial charge in [0.25, 0.3) is 0 Å². The Balaban J connectivity index is 1.65. The van der Waals surface area contributed by atoms with Crippen LogP contribution in [0.3, 0.4) is 0 Å². The van der Waals surface area contributed by atoms with Gasteiger partial charge in [0.1, 0.15) is 17.4 Å². The molecule has 0 unspecified atom stereocenters. The van der Waals surface area contributed by atoms with E-state index < -0.39 is 0 Å². The van der Waals surface area contributed by atoms with Crippen molar-refractivity contribution < 1.29 is 0 Å². The second-order valence-corrected chi connectivity index (χ2v) is 8.47. The zero-order valence-electron chi connectivity index (χ0n) is 16.1. The number of nitrogens with zero attached hydrogens (tertiary/aromatic N) is 5. The van der Waals surface area contributed by atoms with E-state index in [1.165, 1.54) is 4.88 Å². The van der Waals surface area contributed by atoms with Crippen LogP contribution in [-0.2, 0) is 26.7 Å². The first-order valence-corrected chi connectivity index (χ1v) is 10.6. The van der Waals surface area contributed by atoms with Crippen LogP contribution in [0.25, 0.3) is 0 Å². The maximum absolute atomic E-state index is 4.68. The molecule has 0 saturated carbocycles. The van der Waals surface area contributed by atoms with Crippen LogP contribution in [0.1, 0.15) is 47.0 Å². The maximum atomic E-state index is 4.68. The molecule has 3 heterocycles. The zero-order chi connectivity index (χ0) is 19.2. The highest BCUT2D eigenvalue weighted by Crippen LogP contribution is 2.17. The number of aryl methyl sites for hydroxylation is 1. The van der Waals surface area contributed by atoms with Crippen molar-refractivity contribution in [2.24, 2.45) is 12.0 Å². The van der Waals surface area contributed by atoms with Gasteiger partial charge in [0.2, 0.25) is 0 Å². The summed E-state index contributed by atoms with van der Waals surface area (Å²) in [6.45, 7) is 8.09. The van der Waals surface area contributed by atoms with Gasteiger partial charge >= 0.3 is 0 Å². The molecule has 3 aromatic rings. The molecule has 0 spiro atoms. The molecular weight excluding hydrogens is 378 g/mol. The lowest BCUT2D eigenvalue weighted by Crippen LogP contribution is -2.36. The number of hydrogen-bond acceptors (Lipinski definition) is 6. The van der Waals surface area contributed by atoms with Crippen molar-refractivity contribution in [1.29, 1.82) is 0 Å². The SMILES string of the molecule is Cc1nnc(CN=C(NCc2cccs2)NCc2nc(C(C)C)cs2)n1C. The highest BCUT2D eigenvalue weighted by Gasteiger charge is 2.08. The fourth-order valence-corrected chi connectivity index (χ4v) is 3.87. The number of hydrogen-bond donors (Lipinski definition) is 2. The van der Waals surface area contributed by atoms with Crippen molar-refractivity contribution in [1.82, 2.24) is 30.4 Å². The van der Waals surface area contributed by atoms with Crippen molar-refractivity contribution in [3.63, 3.8) is 0 Å². The molecule has 7 nitrogen and oxygen atoms in total. The molecule has 0 atom stereocenters. The summed E-state index contributed by atoms with van der Waals surface area (Å²) in [6, 6.07) is 4.16. The number of nitrogens with one attached hydrogen (secondary N) is 2. The lowest BCUT2D eigenvalue weighted by Gasteiger charge is -2.11. The second-order valence-electron chi connectivity index (χ2n) is 6.49. The topological polar surface area (TPSA) is 80.0 Å². The maximum Gasteiger partial charge on any atom is 0.192 e. The average Bonchev–Trinajstić information content (AvgIpc) is 3.38. The third kappa shape index (κ3) is 5.36. The molecule has 0 radical (unpaired) electrons. The summed E-state index contributed by atoms with van der Waals surface area (Å²) >= 11 is 3.40. The van der Waals surface area contributed by atoms with Gasteiger partial charge in [-0.25, -0.2) is 9.98 Å². The number of aliphatic imine (C=N–C) groups is 1. The standard InChI is InChI=1S/C18H25N7S2/c1-12(2)15-11-27-17(22-15)10-21-18(19-8-14-6-5-7-26-14)20-9-16-24-23-13(3)25(16)4/h5-7,11-12H,8-10H2,1-4H3,(H2,19,20,21). The molecular formula is C18H25N7S2. The third-order valence-corrected chi connectivity index (χ3v) is 5.88. The Morgan fingerprint density at radius 3 is 2.67 bits per heavy atom. The highest BCUT2D eigenvalue weighted by atomic mass is 32.1. The number of thiazole rings is 1. The Hall–Kier alpha value is -2.26. The summed E-state index contributed by atoms with van der Waals surface area (Å²) in [7, 11) is 1.95. The Bertz CT molecular complexity index is 878. The van der Waals surface area contributed by atoms with Crippen molar-refractivity contribution >= 4 is 28.6 Å². The molecule has 0 aromatic carbocycles. The van der Waals surface area contributed by atoms with Crippen molar-refractivity contribution in [3.05, 3.63) is 50.1 Å². The Labute approximate surface area is 167 Å². The van der Waals surface area contributed by atoms with Gasteiger partial charge < -0.3 is 15.2 Å². The van der Waals surface area contributed by atoms with Crippen molar-refractivity contribution in [2.45, 2.75) is 46.3 Å². The van der Waals surface area contributed by atoms with Gasteiger partial charge in [-0.3, -0.25) is 0 Å². The van der Waals surface area contributed by atoms with Crippen LogP contribution in [0.5, 0.6) is 0 Å². The van der Waals surface area contributed by atoms with Gasteiger partial charge in [0.05, 0.1) is 18.8 Å². The predicted molar refractivity (Wildman–Crippen MR) is 111 cm³/mol. The molecule has 9 heteroatoms. The monoisotopic (exact) mass is 403 g/mol. The van der Waals surface area contributed by atoms with Crippen LogP contribution >= 0.6 is 22.7 Å². The van der Waals surface area contributed by atoms with Crippen LogP contribution in [-0.4, -0.2) is 25.7 Å². The molecule has 0 aliphatic heterocycles. The lowest BCUT2D eigenvalue weighted by atomic mass is 10.2. The number of thiophene rings is 1. The fraction of sp³-hybridized carbons (Fsp3) is 0.444. The van der Waals surface area contributed by atoms with Gasteiger partial charge in [-0.1, -0.05) is 19.9 Å². The highest BCUT2D eigenvalue weighted by molar-refractivity contribution is 7.10. The number of guanidine groups is 1. The summed E-state index contributed by atoms with van der Waals surface area (Å²) in [5, 5.41) is 20.3. The van der Waals surface area contributed by atoms with Crippen molar-refractivity contribution in [3.8, 4) is 0 Å². The largest absolute Gasteiger partial charge is 0.351 e. The van der Waals surface area contributed by atoms with Crippen LogP contribution in [0.2, 0.25) is 0 Å². The molecule has 0 amide bonds. The smallest absolute Gasteiger partial charge is 0.192 e. The second kappa shape index (κ2) is 9.09. The van der Waals surface area contributed by atoms with Crippen LogP contribution in [0.15, 0.2) is 27.9 Å². The molecule has 144 valence electrons. The van der Waals surface area contributed by atoms with Crippen LogP contribution in [0.4, 0.5) is 0 Å². The predicted octanol–water partition coefficient (Wildman–Crippen LogP) is 3.20. The summed E-state index contributed by atoms with van der Waals surface area (Å²) in [4.78, 5) is 10.6. The van der Waals surface area contributed by atoms with E-state index in [0.717, 1.165) is 34.9 Å². The first kappa shape index (κ1) is 19.5. The molecule has 27 heavy (non-hydrogen) atoms. The molecule has 0 aliphatic rings. The number of rotatable bonds is 7. The molecule has 3 rings (SSSR count). The van der Waals surface area contributed by atoms with Crippen LogP contribution < -0.4 is 10.6 Å². The van der Waals surface area contributed by atoms with E-state index in [1.807, 2.05) is 18.5 Å². The Morgan fingerprint density at radius 2 is 2.04 bits per heavy atom. The fourth-order valence-electron chi connectivity index (χ4n) is 2.33. The summed E-state index contributed by atoms with van der Waals surface area (Å²) in [5.74, 6) is 2.90.